The number of carbonyl (C=O) groups is 1. The molecule has 1 aromatic heterocycles. The molecule has 130 valence electrons. The maximum absolute atomic E-state index is 12.6. The third-order valence-electron chi connectivity index (χ3n) is 4.32. The fourth-order valence-corrected chi connectivity index (χ4v) is 4.65. The van der Waals surface area contributed by atoms with Crippen molar-refractivity contribution in [3.8, 4) is 0 Å². The summed E-state index contributed by atoms with van der Waals surface area (Å²) in [6, 6.07) is 14.4. The fraction of sp³-hybridized carbons (Fsp3) is 0.300. The molecule has 0 fully saturated rings. The Balaban J connectivity index is 1.66. The highest BCUT2D eigenvalue weighted by Gasteiger charge is 2.20. The van der Waals surface area contributed by atoms with Gasteiger partial charge in [-0.05, 0) is 44.5 Å². The lowest BCUT2D eigenvalue weighted by Crippen LogP contribution is -2.31. The predicted octanol–water partition coefficient (Wildman–Crippen LogP) is 5.22. The first-order valence-electron chi connectivity index (χ1n) is 8.27. The van der Waals surface area contributed by atoms with Gasteiger partial charge in [0.25, 0.3) is 0 Å². The minimum Gasteiger partial charge on any atom is -0.336 e. The third kappa shape index (κ3) is 4.05. The van der Waals surface area contributed by atoms with Crippen LogP contribution in [0.3, 0.4) is 0 Å². The Kier molecular flexibility index (Phi) is 5.45. The second-order valence-corrected chi connectivity index (χ2v) is 8.34. The number of fused-ring (bicyclic) bond motifs is 1. The molecular formula is C20H22N2OS2. The molecule has 1 atom stereocenters. The average molecular weight is 371 g/mol. The molecule has 0 aliphatic rings. The van der Waals surface area contributed by atoms with Crippen molar-refractivity contribution in [3.05, 3.63) is 58.6 Å². The van der Waals surface area contributed by atoms with E-state index in [2.05, 4.69) is 43.1 Å². The number of rotatable bonds is 5. The summed E-state index contributed by atoms with van der Waals surface area (Å²) in [6.45, 7) is 6.21. The Bertz CT molecular complexity index is 871. The summed E-state index contributed by atoms with van der Waals surface area (Å²) in [5, 5.41) is 0.980. The number of thioether (sulfide) groups is 1. The first-order valence-corrected chi connectivity index (χ1v) is 10.1. The number of hydrogen-bond acceptors (Lipinski definition) is 4. The van der Waals surface area contributed by atoms with E-state index in [0.717, 1.165) is 15.2 Å². The normalized spacial score (nSPS) is 12.3. The molecule has 25 heavy (non-hydrogen) atoms. The minimum atomic E-state index is -0.0235. The molecule has 0 N–H and O–H groups in total. The summed E-state index contributed by atoms with van der Waals surface area (Å²) < 4.78 is 1.16. The Morgan fingerprint density at radius 1 is 1.24 bits per heavy atom. The van der Waals surface area contributed by atoms with Crippen LogP contribution in [0.25, 0.3) is 10.2 Å². The Labute approximate surface area is 157 Å². The lowest BCUT2D eigenvalue weighted by Gasteiger charge is -2.23. The molecule has 1 heterocycles. The zero-order chi connectivity index (χ0) is 18.0. The van der Waals surface area contributed by atoms with Crippen LogP contribution >= 0.6 is 23.1 Å². The first kappa shape index (κ1) is 18.0. The number of amides is 1. The number of aromatic nitrogens is 1. The van der Waals surface area contributed by atoms with Crippen molar-refractivity contribution < 1.29 is 4.79 Å². The lowest BCUT2D eigenvalue weighted by molar-refractivity contribution is -0.128. The van der Waals surface area contributed by atoms with Gasteiger partial charge in [-0.3, -0.25) is 4.79 Å². The molecule has 3 aromatic rings. The Hall–Kier alpha value is -1.85. The second-order valence-electron chi connectivity index (χ2n) is 6.26. The zero-order valence-corrected chi connectivity index (χ0v) is 16.6. The van der Waals surface area contributed by atoms with E-state index in [-0.39, 0.29) is 11.9 Å². The van der Waals surface area contributed by atoms with Crippen molar-refractivity contribution in [1.29, 1.82) is 0 Å². The van der Waals surface area contributed by atoms with E-state index in [0.29, 0.717) is 5.75 Å². The maximum Gasteiger partial charge on any atom is 0.233 e. The van der Waals surface area contributed by atoms with E-state index >= 15 is 0 Å². The number of thiazole rings is 1. The molecule has 0 saturated heterocycles. The van der Waals surface area contributed by atoms with E-state index in [1.54, 1.807) is 28.0 Å². The van der Waals surface area contributed by atoms with Crippen molar-refractivity contribution in [1.82, 2.24) is 9.88 Å². The first-order chi connectivity index (χ1) is 12.0. The summed E-state index contributed by atoms with van der Waals surface area (Å²) in [7, 11) is 1.86. The van der Waals surface area contributed by atoms with Gasteiger partial charge in [0, 0.05) is 11.9 Å². The smallest absolute Gasteiger partial charge is 0.233 e. The molecule has 0 bridgehead atoms. The maximum atomic E-state index is 12.6. The summed E-state index contributed by atoms with van der Waals surface area (Å²) in [6.07, 6.45) is 0. The fourth-order valence-electron chi connectivity index (χ4n) is 2.65. The third-order valence-corrected chi connectivity index (χ3v) is 6.69. The van der Waals surface area contributed by atoms with Gasteiger partial charge in [0.1, 0.15) is 5.01 Å². The van der Waals surface area contributed by atoms with Crippen LogP contribution in [0.2, 0.25) is 0 Å². The van der Waals surface area contributed by atoms with Crippen molar-refractivity contribution in [2.75, 3.05) is 12.8 Å². The van der Waals surface area contributed by atoms with E-state index in [1.165, 1.54) is 16.0 Å². The molecule has 0 radical (unpaired) electrons. The van der Waals surface area contributed by atoms with Crippen LogP contribution in [0.1, 0.15) is 29.1 Å². The van der Waals surface area contributed by atoms with Crippen LogP contribution in [0.5, 0.6) is 0 Å². The van der Waals surface area contributed by atoms with Crippen LogP contribution in [-0.4, -0.2) is 28.6 Å². The molecule has 3 nitrogen and oxygen atoms in total. The predicted molar refractivity (Wildman–Crippen MR) is 107 cm³/mol. The number of carbonyl (C=O) groups excluding carboxylic acids is 1. The highest BCUT2D eigenvalue weighted by Crippen LogP contribution is 2.30. The standard InChI is InChI=1S/C20H22N2OS2/c1-13-9-10-17(14(2)11-13)24-12-19(23)22(4)15(3)20-21-16-7-5-6-8-18(16)25-20/h5-11,15H,12H2,1-4H3/t15-/m0/s1. The Morgan fingerprint density at radius 2 is 2.00 bits per heavy atom. The van der Waals surface area contributed by atoms with Gasteiger partial charge in [-0.25, -0.2) is 4.98 Å². The minimum absolute atomic E-state index is 0.0235. The van der Waals surface area contributed by atoms with Gasteiger partial charge >= 0.3 is 0 Å². The van der Waals surface area contributed by atoms with Crippen LogP contribution in [-0.2, 0) is 4.79 Å². The van der Waals surface area contributed by atoms with Crippen LogP contribution in [0, 0.1) is 13.8 Å². The number of benzene rings is 2. The monoisotopic (exact) mass is 370 g/mol. The molecule has 2 aromatic carbocycles. The van der Waals surface area contributed by atoms with E-state index < -0.39 is 0 Å². The Morgan fingerprint density at radius 3 is 2.72 bits per heavy atom. The molecule has 0 aliphatic carbocycles. The number of hydrogen-bond donors (Lipinski definition) is 0. The highest BCUT2D eigenvalue weighted by molar-refractivity contribution is 8.00. The molecule has 0 aliphatic heterocycles. The number of aryl methyl sites for hydroxylation is 2. The van der Waals surface area contributed by atoms with E-state index in [4.69, 9.17) is 0 Å². The van der Waals surface area contributed by atoms with Gasteiger partial charge in [0.2, 0.25) is 5.91 Å². The van der Waals surface area contributed by atoms with E-state index in [9.17, 15) is 4.79 Å². The van der Waals surface area contributed by atoms with Crippen molar-refractivity contribution in [2.45, 2.75) is 31.7 Å². The molecule has 1 amide bonds. The summed E-state index contributed by atoms with van der Waals surface area (Å²) >= 11 is 3.26. The van der Waals surface area contributed by atoms with Gasteiger partial charge in [0.05, 0.1) is 22.0 Å². The van der Waals surface area contributed by atoms with Gasteiger partial charge < -0.3 is 4.90 Å². The van der Waals surface area contributed by atoms with Crippen LogP contribution in [0.15, 0.2) is 47.4 Å². The van der Waals surface area contributed by atoms with Crippen molar-refractivity contribution in [3.63, 3.8) is 0 Å². The number of nitrogens with zero attached hydrogens (tertiary/aromatic N) is 2. The zero-order valence-electron chi connectivity index (χ0n) is 14.9. The topological polar surface area (TPSA) is 33.2 Å². The average Bonchev–Trinajstić information content (AvgIpc) is 3.03. The van der Waals surface area contributed by atoms with E-state index in [1.807, 2.05) is 32.2 Å². The molecule has 5 heteroatoms. The molecule has 0 saturated carbocycles. The van der Waals surface area contributed by atoms with Crippen molar-refractivity contribution >= 4 is 39.2 Å². The molecule has 0 spiro atoms. The summed E-state index contributed by atoms with van der Waals surface area (Å²) in [4.78, 5) is 20.2. The number of para-hydroxylation sites is 1. The van der Waals surface area contributed by atoms with Gasteiger partial charge in [-0.2, -0.15) is 0 Å². The quantitative estimate of drug-likeness (QED) is 0.577. The molecule has 3 rings (SSSR count). The van der Waals surface area contributed by atoms with Gasteiger partial charge in [-0.1, -0.05) is 29.8 Å². The summed E-state index contributed by atoms with van der Waals surface area (Å²) in [5.41, 5.74) is 3.47. The largest absolute Gasteiger partial charge is 0.336 e. The van der Waals surface area contributed by atoms with Crippen LogP contribution in [0.4, 0.5) is 0 Å². The van der Waals surface area contributed by atoms with Crippen LogP contribution < -0.4 is 0 Å². The SMILES string of the molecule is Cc1ccc(SCC(=O)N(C)[C@@H](C)c2nc3ccccc3s2)c(C)c1. The van der Waals surface area contributed by atoms with Crippen molar-refractivity contribution in [2.24, 2.45) is 0 Å². The lowest BCUT2D eigenvalue weighted by atomic mass is 10.2. The van der Waals surface area contributed by atoms with Gasteiger partial charge in [0.15, 0.2) is 0 Å². The molecular weight excluding hydrogens is 348 g/mol. The highest BCUT2D eigenvalue weighted by atomic mass is 32.2. The van der Waals surface area contributed by atoms with Gasteiger partial charge in [-0.15, -0.1) is 23.1 Å². The molecule has 0 unspecified atom stereocenters. The summed E-state index contributed by atoms with van der Waals surface area (Å²) in [5.74, 6) is 0.562. The second kappa shape index (κ2) is 7.58.